The van der Waals surface area contributed by atoms with Gasteiger partial charge in [0.15, 0.2) is 0 Å². The minimum atomic E-state index is -3.64. The Hall–Kier alpha value is -1.51. The average Bonchev–Trinajstić information content (AvgIpc) is 2.41. The van der Waals surface area contributed by atoms with Crippen molar-refractivity contribution in [3.8, 4) is 0 Å². The standard InChI is InChI=1S/C13H18N2O5S/c1-20-10-6-9(7-10)4-5-15-21(18,19)11-2-3-12(13(16)17)14-8-11/h2-3,8-10,15H,4-7H2,1H3,(H,16,17). The van der Waals surface area contributed by atoms with Gasteiger partial charge in [-0.05, 0) is 37.3 Å². The van der Waals surface area contributed by atoms with Crippen LogP contribution in [0.1, 0.15) is 29.8 Å². The van der Waals surface area contributed by atoms with E-state index in [0.717, 1.165) is 25.5 Å². The number of pyridine rings is 1. The molecule has 0 spiro atoms. The normalized spacial score (nSPS) is 21.8. The van der Waals surface area contributed by atoms with Crippen LogP contribution in [0.15, 0.2) is 23.2 Å². The molecule has 116 valence electrons. The highest BCUT2D eigenvalue weighted by Gasteiger charge is 2.28. The summed E-state index contributed by atoms with van der Waals surface area (Å²) in [7, 11) is -1.96. The number of nitrogens with one attached hydrogen (secondary N) is 1. The van der Waals surface area contributed by atoms with Gasteiger partial charge < -0.3 is 9.84 Å². The SMILES string of the molecule is COC1CC(CCNS(=O)(=O)c2ccc(C(=O)O)nc2)C1. The third kappa shape index (κ3) is 3.99. The van der Waals surface area contributed by atoms with Crippen molar-refractivity contribution in [2.24, 2.45) is 5.92 Å². The molecule has 0 aliphatic heterocycles. The molecule has 0 saturated heterocycles. The van der Waals surface area contributed by atoms with Gasteiger partial charge in [-0.25, -0.2) is 22.9 Å². The molecule has 8 heteroatoms. The van der Waals surface area contributed by atoms with E-state index < -0.39 is 16.0 Å². The third-order valence-corrected chi connectivity index (χ3v) is 5.08. The monoisotopic (exact) mass is 314 g/mol. The van der Waals surface area contributed by atoms with Gasteiger partial charge in [0.25, 0.3) is 0 Å². The predicted octanol–water partition coefficient (Wildman–Crippen LogP) is 0.873. The van der Waals surface area contributed by atoms with Gasteiger partial charge in [0, 0.05) is 19.9 Å². The molecule has 0 bridgehead atoms. The van der Waals surface area contributed by atoms with Gasteiger partial charge in [-0.2, -0.15) is 0 Å². The Morgan fingerprint density at radius 2 is 2.19 bits per heavy atom. The summed E-state index contributed by atoms with van der Waals surface area (Å²) in [6, 6.07) is 2.41. The van der Waals surface area contributed by atoms with Gasteiger partial charge >= 0.3 is 5.97 Å². The lowest BCUT2D eigenvalue weighted by Gasteiger charge is -2.34. The number of aromatic carboxylic acids is 1. The fraction of sp³-hybridized carbons (Fsp3) is 0.538. The smallest absolute Gasteiger partial charge is 0.354 e. The molecule has 2 rings (SSSR count). The first-order valence-electron chi connectivity index (χ1n) is 6.64. The van der Waals surface area contributed by atoms with Crippen LogP contribution in [0.4, 0.5) is 0 Å². The molecule has 1 aliphatic rings. The molecule has 1 fully saturated rings. The van der Waals surface area contributed by atoms with E-state index in [0.29, 0.717) is 18.6 Å². The van der Waals surface area contributed by atoms with Crippen molar-refractivity contribution >= 4 is 16.0 Å². The van der Waals surface area contributed by atoms with Crippen molar-refractivity contribution < 1.29 is 23.1 Å². The highest BCUT2D eigenvalue weighted by Crippen LogP contribution is 2.31. The van der Waals surface area contributed by atoms with Crippen LogP contribution in [0.5, 0.6) is 0 Å². The summed E-state index contributed by atoms with van der Waals surface area (Å²) in [4.78, 5) is 14.2. The highest BCUT2D eigenvalue weighted by atomic mass is 32.2. The van der Waals surface area contributed by atoms with Crippen molar-refractivity contribution in [3.05, 3.63) is 24.0 Å². The minimum Gasteiger partial charge on any atom is -0.477 e. The van der Waals surface area contributed by atoms with Crippen molar-refractivity contribution in [3.63, 3.8) is 0 Å². The van der Waals surface area contributed by atoms with E-state index in [1.165, 1.54) is 12.1 Å². The van der Waals surface area contributed by atoms with E-state index >= 15 is 0 Å². The van der Waals surface area contributed by atoms with E-state index in [-0.39, 0.29) is 10.6 Å². The van der Waals surface area contributed by atoms with Gasteiger partial charge in [-0.1, -0.05) is 0 Å². The van der Waals surface area contributed by atoms with Crippen LogP contribution < -0.4 is 4.72 Å². The number of methoxy groups -OCH3 is 1. The predicted molar refractivity (Wildman–Crippen MR) is 74.5 cm³/mol. The molecule has 1 heterocycles. The summed E-state index contributed by atoms with van der Waals surface area (Å²) < 4.78 is 31.7. The molecule has 0 unspecified atom stereocenters. The number of ether oxygens (including phenoxy) is 1. The number of carboxylic acid groups (broad SMARTS) is 1. The van der Waals surface area contributed by atoms with Gasteiger partial charge in [0.2, 0.25) is 10.0 Å². The molecule has 0 radical (unpaired) electrons. The zero-order valence-corrected chi connectivity index (χ0v) is 12.5. The van der Waals surface area contributed by atoms with Crippen LogP contribution in [-0.2, 0) is 14.8 Å². The molecule has 1 aromatic rings. The van der Waals surface area contributed by atoms with Crippen LogP contribution in [0.2, 0.25) is 0 Å². The molecule has 0 aromatic carbocycles. The van der Waals surface area contributed by atoms with Crippen molar-refractivity contribution in [2.75, 3.05) is 13.7 Å². The van der Waals surface area contributed by atoms with E-state index in [9.17, 15) is 13.2 Å². The number of carbonyl (C=O) groups is 1. The fourth-order valence-electron chi connectivity index (χ4n) is 2.25. The van der Waals surface area contributed by atoms with Gasteiger partial charge in [-0.15, -0.1) is 0 Å². The molecule has 0 atom stereocenters. The number of sulfonamides is 1. The van der Waals surface area contributed by atoms with Crippen LogP contribution in [0.25, 0.3) is 0 Å². The Bertz CT molecular complexity index is 593. The summed E-state index contributed by atoms with van der Waals surface area (Å²) in [5.41, 5.74) is -0.186. The van der Waals surface area contributed by atoms with Crippen molar-refractivity contribution in [1.29, 1.82) is 0 Å². The number of hydrogen-bond acceptors (Lipinski definition) is 5. The quantitative estimate of drug-likeness (QED) is 0.773. The number of hydrogen-bond donors (Lipinski definition) is 2. The number of carboxylic acids is 1. The molecule has 1 aliphatic carbocycles. The first kappa shape index (κ1) is 15.9. The first-order chi connectivity index (χ1) is 9.92. The Kier molecular flexibility index (Phi) is 4.92. The molecule has 0 amide bonds. The number of nitrogens with zero attached hydrogens (tertiary/aromatic N) is 1. The maximum atomic E-state index is 12.0. The molecule has 2 N–H and O–H groups in total. The fourth-order valence-corrected chi connectivity index (χ4v) is 3.24. The Labute approximate surface area is 123 Å². The van der Waals surface area contributed by atoms with Gasteiger partial charge in [0.05, 0.1) is 6.10 Å². The lowest BCUT2D eigenvalue weighted by Crippen LogP contribution is -2.34. The van der Waals surface area contributed by atoms with Crippen molar-refractivity contribution in [1.82, 2.24) is 9.71 Å². The highest BCUT2D eigenvalue weighted by molar-refractivity contribution is 7.89. The Balaban J connectivity index is 1.85. The maximum Gasteiger partial charge on any atom is 0.354 e. The van der Waals surface area contributed by atoms with Crippen LogP contribution in [-0.4, -0.2) is 44.2 Å². The van der Waals surface area contributed by atoms with Gasteiger partial charge in [0.1, 0.15) is 10.6 Å². The largest absolute Gasteiger partial charge is 0.477 e. The maximum absolute atomic E-state index is 12.0. The average molecular weight is 314 g/mol. The summed E-state index contributed by atoms with van der Waals surface area (Å²) in [6.07, 6.45) is 4.05. The Morgan fingerprint density at radius 3 is 2.71 bits per heavy atom. The lowest BCUT2D eigenvalue weighted by molar-refractivity contribution is -0.000911. The number of rotatable bonds is 7. The van der Waals surface area contributed by atoms with Crippen molar-refractivity contribution in [2.45, 2.75) is 30.3 Å². The zero-order chi connectivity index (χ0) is 15.5. The third-order valence-electron chi connectivity index (χ3n) is 3.64. The summed E-state index contributed by atoms with van der Waals surface area (Å²) >= 11 is 0. The van der Waals surface area contributed by atoms with E-state index in [2.05, 4.69) is 9.71 Å². The summed E-state index contributed by atoms with van der Waals surface area (Å²) in [5.74, 6) is -0.699. The molecular weight excluding hydrogens is 296 g/mol. The second-order valence-electron chi connectivity index (χ2n) is 5.07. The lowest BCUT2D eigenvalue weighted by atomic mass is 9.80. The first-order valence-corrected chi connectivity index (χ1v) is 8.12. The summed E-state index contributed by atoms with van der Waals surface area (Å²) in [5, 5.41) is 8.72. The van der Waals surface area contributed by atoms with E-state index in [1.807, 2.05) is 0 Å². The van der Waals surface area contributed by atoms with E-state index in [1.54, 1.807) is 7.11 Å². The van der Waals surface area contributed by atoms with Gasteiger partial charge in [-0.3, -0.25) is 0 Å². The molecule has 21 heavy (non-hydrogen) atoms. The zero-order valence-electron chi connectivity index (χ0n) is 11.7. The molecule has 1 saturated carbocycles. The second-order valence-corrected chi connectivity index (χ2v) is 6.83. The minimum absolute atomic E-state index is 0.0316. The molecule has 1 aromatic heterocycles. The van der Waals surface area contributed by atoms with Crippen LogP contribution >= 0.6 is 0 Å². The number of aromatic nitrogens is 1. The Morgan fingerprint density at radius 1 is 1.48 bits per heavy atom. The van der Waals surface area contributed by atoms with E-state index in [4.69, 9.17) is 9.84 Å². The summed E-state index contributed by atoms with van der Waals surface area (Å²) in [6.45, 7) is 0.351. The molecular formula is C13H18N2O5S. The molecule has 7 nitrogen and oxygen atoms in total. The van der Waals surface area contributed by atoms with Crippen LogP contribution in [0, 0.1) is 5.92 Å². The van der Waals surface area contributed by atoms with Crippen LogP contribution in [0.3, 0.4) is 0 Å². The second kappa shape index (κ2) is 6.50. The topological polar surface area (TPSA) is 106 Å².